The molecule has 0 aliphatic carbocycles. The second-order valence-corrected chi connectivity index (χ2v) is 7.56. The van der Waals surface area contributed by atoms with Crippen LogP contribution in [-0.4, -0.2) is 51.0 Å². The molecule has 0 radical (unpaired) electrons. The standard InChI is InChI=1S/C19H20N4O5S/c1-3-11-13(27-2)12(24)18(28-11)23-16-14(29-19(23)26)15(20-9-21-16)22-17(25)10-7-5-4-6-8-10/h4-9,11-13,18,24H,3H2,1-2H3,(H,20,21,22,25)/t11-,12-,13-,18-/m1/s1. The van der Waals surface area contributed by atoms with Crippen LogP contribution in [0.15, 0.2) is 41.5 Å². The Bertz CT molecular complexity index is 1080. The molecule has 1 aliphatic rings. The molecule has 2 aromatic heterocycles. The number of benzene rings is 1. The Labute approximate surface area is 169 Å². The van der Waals surface area contributed by atoms with Crippen molar-refractivity contribution in [3.05, 3.63) is 51.9 Å². The van der Waals surface area contributed by atoms with E-state index in [0.29, 0.717) is 16.7 Å². The summed E-state index contributed by atoms with van der Waals surface area (Å²) in [5.41, 5.74) is 0.753. The van der Waals surface area contributed by atoms with Crippen LogP contribution in [0.3, 0.4) is 0 Å². The zero-order valence-electron chi connectivity index (χ0n) is 15.8. The van der Waals surface area contributed by atoms with E-state index in [1.807, 2.05) is 13.0 Å². The van der Waals surface area contributed by atoms with E-state index in [1.54, 1.807) is 24.3 Å². The molecule has 3 heterocycles. The maximum Gasteiger partial charge on any atom is 0.311 e. The number of hydrogen-bond donors (Lipinski definition) is 2. The van der Waals surface area contributed by atoms with Crippen molar-refractivity contribution >= 4 is 33.4 Å². The summed E-state index contributed by atoms with van der Waals surface area (Å²) in [7, 11) is 1.50. The van der Waals surface area contributed by atoms with E-state index in [2.05, 4.69) is 15.3 Å². The van der Waals surface area contributed by atoms with Crippen molar-refractivity contribution in [1.29, 1.82) is 0 Å². The third-order valence-corrected chi connectivity index (χ3v) is 5.86. The first-order valence-corrected chi connectivity index (χ1v) is 9.95. The highest BCUT2D eigenvalue weighted by atomic mass is 32.1. The summed E-state index contributed by atoms with van der Waals surface area (Å²) >= 11 is 0.885. The molecule has 4 atom stereocenters. The summed E-state index contributed by atoms with van der Waals surface area (Å²) in [6.45, 7) is 1.92. The maximum atomic E-state index is 12.7. The normalized spacial score (nSPS) is 24.1. The molecule has 2 N–H and O–H groups in total. The number of aliphatic hydroxyl groups excluding tert-OH is 1. The highest BCUT2D eigenvalue weighted by molar-refractivity contribution is 7.17. The molecule has 1 aromatic carbocycles. The Morgan fingerprint density at radius 1 is 1.34 bits per heavy atom. The lowest BCUT2D eigenvalue weighted by molar-refractivity contribution is -0.0365. The lowest BCUT2D eigenvalue weighted by atomic mass is 10.1. The van der Waals surface area contributed by atoms with Crippen molar-refractivity contribution in [2.75, 3.05) is 12.4 Å². The zero-order valence-corrected chi connectivity index (χ0v) is 16.6. The monoisotopic (exact) mass is 416 g/mol. The molecule has 9 nitrogen and oxygen atoms in total. The molecular formula is C19H20N4O5S. The largest absolute Gasteiger partial charge is 0.386 e. The van der Waals surface area contributed by atoms with Gasteiger partial charge < -0.3 is 19.9 Å². The van der Waals surface area contributed by atoms with Crippen molar-refractivity contribution in [1.82, 2.24) is 14.5 Å². The van der Waals surface area contributed by atoms with E-state index < -0.39 is 18.4 Å². The number of aromatic nitrogens is 3. The number of amides is 1. The number of rotatable bonds is 5. The smallest absolute Gasteiger partial charge is 0.311 e. The van der Waals surface area contributed by atoms with Crippen LogP contribution in [0.4, 0.5) is 5.82 Å². The molecule has 1 fully saturated rings. The van der Waals surface area contributed by atoms with Crippen molar-refractivity contribution in [3.63, 3.8) is 0 Å². The van der Waals surface area contributed by atoms with Gasteiger partial charge in [-0.1, -0.05) is 36.5 Å². The van der Waals surface area contributed by atoms with Gasteiger partial charge in [-0.3, -0.25) is 14.2 Å². The third-order valence-electron chi connectivity index (χ3n) is 4.91. The molecule has 1 aliphatic heterocycles. The maximum absolute atomic E-state index is 12.7. The molecule has 0 bridgehead atoms. The van der Waals surface area contributed by atoms with Gasteiger partial charge in [0, 0.05) is 12.7 Å². The van der Waals surface area contributed by atoms with Crippen LogP contribution >= 0.6 is 11.3 Å². The fourth-order valence-corrected chi connectivity index (χ4v) is 4.39. The van der Waals surface area contributed by atoms with Crippen molar-refractivity contribution < 1.29 is 19.4 Å². The van der Waals surface area contributed by atoms with Gasteiger partial charge in [0.15, 0.2) is 17.7 Å². The summed E-state index contributed by atoms with van der Waals surface area (Å²) in [6.07, 6.45) is -0.975. The Balaban J connectivity index is 1.72. The van der Waals surface area contributed by atoms with Crippen LogP contribution in [0.25, 0.3) is 10.3 Å². The number of anilines is 1. The van der Waals surface area contributed by atoms with Gasteiger partial charge in [0.2, 0.25) is 0 Å². The molecule has 0 spiro atoms. The number of nitrogens with one attached hydrogen (secondary N) is 1. The first-order valence-electron chi connectivity index (χ1n) is 9.14. The molecule has 1 amide bonds. The number of nitrogens with zero attached hydrogens (tertiary/aromatic N) is 3. The average Bonchev–Trinajstić information content (AvgIpc) is 3.24. The summed E-state index contributed by atoms with van der Waals surface area (Å²) in [4.78, 5) is 33.2. The molecule has 29 heavy (non-hydrogen) atoms. The molecule has 152 valence electrons. The van der Waals surface area contributed by atoms with Crippen LogP contribution in [-0.2, 0) is 9.47 Å². The second kappa shape index (κ2) is 7.99. The average molecular weight is 416 g/mol. The van der Waals surface area contributed by atoms with Gasteiger partial charge in [-0.05, 0) is 18.6 Å². The first kappa shape index (κ1) is 19.6. The minimum Gasteiger partial charge on any atom is -0.386 e. The summed E-state index contributed by atoms with van der Waals surface area (Å²) < 4.78 is 13.0. The number of ether oxygens (including phenoxy) is 2. The predicted octanol–water partition coefficient (Wildman–Crippen LogP) is 1.79. The quantitative estimate of drug-likeness (QED) is 0.651. The van der Waals surface area contributed by atoms with Crippen molar-refractivity contribution in [2.45, 2.75) is 37.9 Å². The van der Waals surface area contributed by atoms with Crippen LogP contribution in [0.2, 0.25) is 0 Å². The van der Waals surface area contributed by atoms with E-state index in [4.69, 9.17) is 9.47 Å². The van der Waals surface area contributed by atoms with Gasteiger partial charge in [-0.25, -0.2) is 9.97 Å². The molecular weight excluding hydrogens is 396 g/mol. The van der Waals surface area contributed by atoms with E-state index in [-0.39, 0.29) is 28.3 Å². The number of methoxy groups -OCH3 is 1. The molecule has 1 saturated heterocycles. The number of fused-ring (bicyclic) bond motifs is 1. The van der Waals surface area contributed by atoms with E-state index in [1.165, 1.54) is 18.0 Å². The van der Waals surface area contributed by atoms with Gasteiger partial charge in [-0.2, -0.15) is 0 Å². The number of hydrogen-bond acceptors (Lipinski definition) is 8. The van der Waals surface area contributed by atoms with Crippen molar-refractivity contribution in [2.24, 2.45) is 0 Å². The molecule has 10 heteroatoms. The Morgan fingerprint density at radius 3 is 2.76 bits per heavy atom. The highest BCUT2D eigenvalue weighted by Crippen LogP contribution is 2.35. The summed E-state index contributed by atoms with van der Waals surface area (Å²) in [5, 5.41) is 13.4. The van der Waals surface area contributed by atoms with E-state index in [9.17, 15) is 14.7 Å². The number of aliphatic hydroxyl groups is 1. The molecule has 0 saturated carbocycles. The van der Waals surface area contributed by atoms with Gasteiger partial charge in [0.1, 0.15) is 23.2 Å². The Hall–Kier alpha value is -2.66. The van der Waals surface area contributed by atoms with Gasteiger partial charge in [-0.15, -0.1) is 0 Å². The van der Waals surface area contributed by atoms with Gasteiger partial charge in [0.05, 0.1) is 6.10 Å². The first-order chi connectivity index (χ1) is 14.0. The lowest BCUT2D eigenvalue weighted by Gasteiger charge is -2.17. The molecule has 0 unspecified atom stereocenters. The SMILES string of the molecule is CC[C@H]1O[C@@H](n2c(=O)sc3c(NC(=O)c4ccccc4)ncnc32)[C@H](O)[C@@H]1OC. The lowest BCUT2D eigenvalue weighted by Crippen LogP contribution is -2.34. The van der Waals surface area contributed by atoms with E-state index in [0.717, 1.165) is 11.3 Å². The fourth-order valence-electron chi connectivity index (χ4n) is 3.49. The minimum absolute atomic E-state index is 0.229. The second-order valence-electron chi connectivity index (χ2n) is 6.60. The third kappa shape index (κ3) is 3.44. The van der Waals surface area contributed by atoms with Crippen LogP contribution in [0, 0.1) is 0 Å². The summed E-state index contributed by atoms with van der Waals surface area (Å²) in [6, 6.07) is 8.69. The van der Waals surface area contributed by atoms with E-state index >= 15 is 0 Å². The molecule has 4 rings (SSSR count). The number of thiazole rings is 1. The number of carbonyl (C=O) groups excluding carboxylic acids is 1. The van der Waals surface area contributed by atoms with Crippen LogP contribution in [0.1, 0.15) is 29.9 Å². The van der Waals surface area contributed by atoms with Crippen molar-refractivity contribution in [3.8, 4) is 0 Å². The fraction of sp³-hybridized carbons (Fsp3) is 0.368. The minimum atomic E-state index is -1.03. The molecule has 3 aromatic rings. The summed E-state index contributed by atoms with van der Waals surface area (Å²) in [5.74, 6) is -0.117. The topological polar surface area (TPSA) is 116 Å². The van der Waals surface area contributed by atoms with Gasteiger partial charge >= 0.3 is 4.87 Å². The predicted molar refractivity (Wildman–Crippen MR) is 107 cm³/mol. The van der Waals surface area contributed by atoms with Crippen LogP contribution < -0.4 is 10.2 Å². The van der Waals surface area contributed by atoms with Gasteiger partial charge in [0.25, 0.3) is 5.91 Å². The Morgan fingerprint density at radius 2 is 2.10 bits per heavy atom. The van der Waals surface area contributed by atoms with Crippen LogP contribution in [0.5, 0.6) is 0 Å². The zero-order chi connectivity index (χ0) is 20.5. The highest BCUT2D eigenvalue weighted by Gasteiger charge is 2.45. The Kier molecular flexibility index (Phi) is 5.41. The number of carbonyl (C=O) groups is 1.